The van der Waals surface area contributed by atoms with Crippen LogP contribution in [0.4, 0.5) is 18.9 Å². The molecule has 0 heterocycles. The smallest absolute Gasteiger partial charge is 0.376 e. The molecule has 0 aliphatic heterocycles. The number of hydrogen-bond donors (Lipinski definition) is 2. The Hall–Kier alpha value is -1.23. The van der Waals surface area contributed by atoms with Crippen molar-refractivity contribution in [2.75, 3.05) is 18.4 Å². The average Bonchev–Trinajstić information content (AvgIpc) is 2.16. The van der Waals surface area contributed by atoms with E-state index in [9.17, 15) is 13.2 Å². The highest BCUT2D eigenvalue weighted by Crippen LogP contribution is 2.16. The molecule has 15 heavy (non-hydrogen) atoms. The highest BCUT2D eigenvalue weighted by molar-refractivity contribution is 5.44. The van der Waals surface area contributed by atoms with Gasteiger partial charge in [-0.3, -0.25) is 0 Å². The lowest BCUT2D eigenvalue weighted by atomic mass is 10.1. The summed E-state index contributed by atoms with van der Waals surface area (Å²) in [6.07, 6.45) is -3.45. The monoisotopic (exact) mass is 218 g/mol. The van der Waals surface area contributed by atoms with Crippen LogP contribution in [-0.4, -0.2) is 19.3 Å². The van der Waals surface area contributed by atoms with Crippen LogP contribution in [0, 0.1) is 0 Å². The summed E-state index contributed by atoms with van der Waals surface area (Å²) in [7, 11) is 0. The zero-order valence-corrected chi connectivity index (χ0v) is 8.14. The van der Waals surface area contributed by atoms with Gasteiger partial charge in [-0.25, -0.2) is 0 Å². The summed E-state index contributed by atoms with van der Waals surface area (Å²) in [5.74, 6) is 0. The van der Waals surface area contributed by atoms with Crippen LogP contribution in [0.2, 0.25) is 0 Å². The van der Waals surface area contributed by atoms with E-state index in [-0.39, 0.29) is 0 Å². The van der Waals surface area contributed by atoms with Gasteiger partial charge in [-0.1, -0.05) is 12.1 Å². The molecule has 0 aliphatic carbocycles. The zero-order chi connectivity index (χ0) is 11.3. The van der Waals surface area contributed by atoms with E-state index < -0.39 is 12.7 Å². The number of anilines is 1. The fourth-order valence-corrected chi connectivity index (χ4v) is 1.16. The van der Waals surface area contributed by atoms with Crippen LogP contribution < -0.4 is 11.1 Å². The molecule has 0 aromatic heterocycles. The van der Waals surface area contributed by atoms with Crippen LogP contribution in [0.25, 0.3) is 0 Å². The molecule has 0 unspecified atom stereocenters. The predicted molar refractivity (Wildman–Crippen MR) is 53.7 cm³/mol. The second kappa shape index (κ2) is 5.02. The maximum Gasteiger partial charge on any atom is 0.405 e. The largest absolute Gasteiger partial charge is 0.405 e. The Labute approximate surface area is 86.3 Å². The van der Waals surface area contributed by atoms with Crippen molar-refractivity contribution in [3.63, 3.8) is 0 Å². The Bertz CT molecular complexity index is 293. The highest BCUT2D eigenvalue weighted by atomic mass is 19.4. The number of hydrogen-bond acceptors (Lipinski definition) is 2. The lowest BCUT2D eigenvalue weighted by molar-refractivity contribution is -0.115. The van der Waals surface area contributed by atoms with Crippen LogP contribution in [0.1, 0.15) is 5.56 Å². The molecule has 0 saturated carbocycles. The summed E-state index contributed by atoms with van der Waals surface area (Å²) >= 11 is 0. The quantitative estimate of drug-likeness (QED) is 0.812. The van der Waals surface area contributed by atoms with E-state index in [4.69, 9.17) is 5.73 Å². The van der Waals surface area contributed by atoms with Crippen molar-refractivity contribution in [1.29, 1.82) is 0 Å². The molecule has 0 fully saturated rings. The predicted octanol–water partition coefficient (Wildman–Crippen LogP) is 2.16. The first kappa shape index (κ1) is 11.8. The molecule has 0 spiro atoms. The van der Waals surface area contributed by atoms with Crippen LogP contribution in [0.15, 0.2) is 24.3 Å². The van der Waals surface area contributed by atoms with E-state index in [1.54, 1.807) is 24.3 Å². The van der Waals surface area contributed by atoms with Crippen molar-refractivity contribution in [1.82, 2.24) is 0 Å². The van der Waals surface area contributed by atoms with Gasteiger partial charge >= 0.3 is 6.18 Å². The van der Waals surface area contributed by atoms with Gasteiger partial charge in [0, 0.05) is 5.69 Å². The Kier molecular flexibility index (Phi) is 3.96. The van der Waals surface area contributed by atoms with Gasteiger partial charge in [-0.15, -0.1) is 0 Å². The first-order valence-electron chi connectivity index (χ1n) is 4.61. The number of rotatable bonds is 4. The van der Waals surface area contributed by atoms with Gasteiger partial charge in [-0.2, -0.15) is 13.2 Å². The summed E-state index contributed by atoms with van der Waals surface area (Å²) < 4.78 is 35.6. The molecule has 84 valence electrons. The molecule has 1 rings (SSSR count). The second-order valence-electron chi connectivity index (χ2n) is 3.20. The Morgan fingerprint density at radius 3 is 2.20 bits per heavy atom. The SMILES string of the molecule is NCCc1ccc(NCC(F)(F)F)cc1. The number of benzene rings is 1. The first-order valence-corrected chi connectivity index (χ1v) is 4.61. The van der Waals surface area contributed by atoms with Crippen LogP contribution in [0.5, 0.6) is 0 Å². The van der Waals surface area contributed by atoms with E-state index in [1.165, 1.54) is 0 Å². The second-order valence-corrected chi connectivity index (χ2v) is 3.20. The van der Waals surface area contributed by atoms with Gasteiger partial charge in [0.15, 0.2) is 0 Å². The molecule has 1 aromatic rings. The molecular formula is C10H13F3N2. The van der Waals surface area contributed by atoms with E-state index >= 15 is 0 Å². The average molecular weight is 218 g/mol. The highest BCUT2D eigenvalue weighted by Gasteiger charge is 2.26. The van der Waals surface area contributed by atoms with Crippen molar-refractivity contribution < 1.29 is 13.2 Å². The fourth-order valence-electron chi connectivity index (χ4n) is 1.16. The molecule has 2 nitrogen and oxygen atoms in total. The van der Waals surface area contributed by atoms with Gasteiger partial charge < -0.3 is 11.1 Å². The Balaban J connectivity index is 2.50. The van der Waals surface area contributed by atoms with E-state index in [2.05, 4.69) is 5.32 Å². The minimum Gasteiger partial charge on any atom is -0.376 e. The molecule has 1 aromatic carbocycles. The maximum absolute atomic E-state index is 11.9. The number of alkyl halides is 3. The third-order valence-electron chi connectivity index (χ3n) is 1.88. The van der Waals surface area contributed by atoms with Crippen molar-refractivity contribution in [2.45, 2.75) is 12.6 Å². The van der Waals surface area contributed by atoms with Crippen molar-refractivity contribution in [3.8, 4) is 0 Å². The van der Waals surface area contributed by atoms with Crippen LogP contribution in [0.3, 0.4) is 0 Å². The van der Waals surface area contributed by atoms with E-state index in [1.807, 2.05) is 0 Å². The number of halogens is 3. The minimum atomic E-state index is -4.18. The van der Waals surface area contributed by atoms with Crippen LogP contribution in [-0.2, 0) is 6.42 Å². The van der Waals surface area contributed by atoms with Gasteiger partial charge in [0.2, 0.25) is 0 Å². The van der Waals surface area contributed by atoms with Crippen LogP contribution >= 0.6 is 0 Å². The van der Waals surface area contributed by atoms with Crippen molar-refractivity contribution in [2.24, 2.45) is 5.73 Å². The first-order chi connectivity index (χ1) is 7.01. The molecular weight excluding hydrogens is 205 g/mol. The normalized spacial score (nSPS) is 11.5. The third-order valence-corrected chi connectivity index (χ3v) is 1.88. The topological polar surface area (TPSA) is 38.0 Å². The van der Waals surface area contributed by atoms with E-state index in [0.717, 1.165) is 12.0 Å². The molecule has 0 atom stereocenters. The number of nitrogens with one attached hydrogen (secondary N) is 1. The van der Waals surface area contributed by atoms with Gasteiger partial charge in [0.25, 0.3) is 0 Å². The lowest BCUT2D eigenvalue weighted by Crippen LogP contribution is -2.21. The molecule has 0 saturated heterocycles. The fraction of sp³-hybridized carbons (Fsp3) is 0.400. The summed E-state index contributed by atoms with van der Waals surface area (Å²) in [6, 6.07) is 6.78. The lowest BCUT2D eigenvalue weighted by Gasteiger charge is -2.09. The molecule has 0 aliphatic rings. The molecule has 0 amide bonds. The maximum atomic E-state index is 11.9. The summed E-state index contributed by atoms with van der Waals surface area (Å²) in [5.41, 5.74) is 6.84. The summed E-state index contributed by atoms with van der Waals surface area (Å²) in [4.78, 5) is 0. The Morgan fingerprint density at radius 1 is 1.13 bits per heavy atom. The van der Waals surface area contributed by atoms with Gasteiger partial charge in [0.05, 0.1) is 0 Å². The summed E-state index contributed by atoms with van der Waals surface area (Å²) in [6.45, 7) is -0.474. The molecule has 0 radical (unpaired) electrons. The van der Waals surface area contributed by atoms with E-state index in [0.29, 0.717) is 12.2 Å². The Morgan fingerprint density at radius 2 is 1.73 bits per heavy atom. The summed E-state index contributed by atoms with van der Waals surface area (Å²) in [5, 5.41) is 2.30. The minimum absolute atomic E-state index is 0.466. The van der Waals surface area contributed by atoms with Gasteiger partial charge in [-0.05, 0) is 30.7 Å². The standard InChI is InChI=1S/C10H13F3N2/c11-10(12,13)7-15-9-3-1-8(2-4-9)5-6-14/h1-4,15H,5-7,14H2. The van der Waals surface area contributed by atoms with Crippen molar-refractivity contribution >= 4 is 5.69 Å². The molecule has 0 bridgehead atoms. The van der Waals surface area contributed by atoms with Crippen molar-refractivity contribution in [3.05, 3.63) is 29.8 Å². The van der Waals surface area contributed by atoms with Gasteiger partial charge in [0.1, 0.15) is 6.54 Å². The molecule has 3 N–H and O–H groups in total. The number of nitrogens with two attached hydrogens (primary N) is 1. The zero-order valence-electron chi connectivity index (χ0n) is 8.14. The third kappa shape index (κ3) is 4.69. The molecule has 5 heteroatoms.